The smallest absolute Gasteiger partial charge is 0.143 e. The molecule has 0 aromatic rings. The molecule has 0 amide bonds. The zero-order valence-electron chi connectivity index (χ0n) is 13.0. The van der Waals surface area contributed by atoms with Gasteiger partial charge in [0.2, 0.25) is 0 Å². The van der Waals surface area contributed by atoms with Gasteiger partial charge in [0.1, 0.15) is 5.78 Å². The van der Waals surface area contributed by atoms with Gasteiger partial charge in [0.05, 0.1) is 0 Å². The van der Waals surface area contributed by atoms with Crippen LogP contribution in [0.1, 0.15) is 68.2 Å². The molecular formula is C16H30O. The Balaban J connectivity index is 0. The third-order valence-electron chi connectivity index (χ3n) is 2.89. The van der Waals surface area contributed by atoms with Crippen LogP contribution >= 0.6 is 0 Å². The van der Waals surface area contributed by atoms with Crippen LogP contribution < -0.4 is 0 Å². The molecule has 0 N–H and O–H groups in total. The lowest BCUT2D eigenvalue weighted by Gasteiger charge is -2.31. The van der Waals surface area contributed by atoms with Crippen LogP contribution in [-0.2, 0) is 4.79 Å². The van der Waals surface area contributed by atoms with E-state index in [4.69, 9.17) is 0 Å². The van der Waals surface area contributed by atoms with Crippen molar-refractivity contribution in [3.05, 3.63) is 23.3 Å². The molecule has 1 aliphatic rings. The third-order valence-corrected chi connectivity index (χ3v) is 2.89. The zero-order valence-corrected chi connectivity index (χ0v) is 13.0. The van der Waals surface area contributed by atoms with Crippen LogP contribution in [0, 0.1) is 5.41 Å². The summed E-state index contributed by atoms with van der Waals surface area (Å²) in [4.78, 5) is 11.7. The van der Waals surface area contributed by atoms with Crippen LogP contribution in [0.5, 0.6) is 0 Å². The van der Waals surface area contributed by atoms with Crippen molar-refractivity contribution in [3.63, 3.8) is 0 Å². The second kappa shape index (κ2) is 9.21. The van der Waals surface area contributed by atoms with Gasteiger partial charge in [0.15, 0.2) is 0 Å². The van der Waals surface area contributed by atoms with Crippen LogP contribution in [0.25, 0.3) is 0 Å². The van der Waals surface area contributed by atoms with Gasteiger partial charge >= 0.3 is 0 Å². The minimum Gasteiger partial charge on any atom is -0.299 e. The van der Waals surface area contributed by atoms with Crippen molar-refractivity contribution in [1.29, 1.82) is 0 Å². The molecule has 1 aliphatic carbocycles. The first kappa shape index (κ1) is 18.5. The van der Waals surface area contributed by atoms with E-state index in [0.29, 0.717) is 12.2 Å². The summed E-state index contributed by atoms with van der Waals surface area (Å²) >= 11 is 0. The van der Waals surface area contributed by atoms with E-state index in [9.17, 15) is 4.79 Å². The zero-order chi connectivity index (χ0) is 14.1. The number of allylic oxidation sites excluding steroid dienone is 4. The Hall–Kier alpha value is -0.850. The monoisotopic (exact) mass is 238 g/mol. The van der Waals surface area contributed by atoms with Gasteiger partial charge in [-0.15, -0.1) is 0 Å². The Morgan fingerprint density at radius 1 is 1.06 bits per heavy atom. The highest BCUT2D eigenvalue weighted by atomic mass is 16.1. The van der Waals surface area contributed by atoms with E-state index in [-0.39, 0.29) is 5.41 Å². The lowest BCUT2D eigenvalue weighted by atomic mass is 9.72. The average Bonchev–Trinajstić information content (AvgIpc) is 2.35. The molecule has 0 aliphatic heterocycles. The summed E-state index contributed by atoms with van der Waals surface area (Å²) < 4.78 is 0. The SMILES string of the molecule is C/C=C/C1=C(C)CCC(=O)C1(C)C.CC.CC. The standard InChI is InChI=1S/C12H18O.2C2H6/c1-5-6-10-9(2)7-8-11(13)12(10,3)4;2*1-2/h5-6H,7-8H2,1-4H3;2*1-2H3/b6-5+;;. The molecule has 0 spiro atoms. The van der Waals surface area contributed by atoms with Crippen molar-refractivity contribution in [2.75, 3.05) is 0 Å². The highest BCUT2D eigenvalue weighted by Crippen LogP contribution is 2.38. The van der Waals surface area contributed by atoms with E-state index in [1.807, 2.05) is 54.5 Å². The van der Waals surface area contributed by atoms with Crippen molar-refractivity contribution < 1.29 is 4.79 Å². The van der Waals surface area contributed by atoms with Gasteiger partial charge in [-0.3, -0.25) is 4.79 Å². The molecule has 1 rings (SSSR count). The van der Waals surface area contributed by atoms with Gasteiger partial charge < -0.3 is 0 Å². The van der Waals surface area contributed by atoms with Gasteiger partial charge in [-0.2, -0.15) is 0 Å². The normalized spacial score (nSPS) is 18.2. The number of rotatable bonds is 1. The Morgan fingerprint density at radius 2 is 1.53 bits per heavy atom. The topological polar surface area (TPSA) is 17.1 Å². The molecule has 1 nitrogen and oxygen atoms in total. The first-order valence-corrected chi connectivity index (χ1v) is 6.86. The minimum atomic E-state index is -0.269. The van der Waals surface area contributed by atoms with E-state index in [1.165, 1.54) is 11.1 Å². The average molecular weight is 238 g/mol. The van der Waals surface area contributed by atoms with E-state index in [1.54, 1.807) is 0 Å². The summed E-state index contributed by atoms with van der Waals surface area (Å²) in [6.07, 6.45) is 5.73. The molecule has 0 atom stereocenters. The Morgan fingerprint density at radius 3 is 1.94 bits per heavy atom. The molecular weight excluding hydrogens is 208 g/mol. The lowest BCUT2D eigenvalue weighted by Crippen LogP contribution is -2.30. The molecule has 0 radical (unpaired) electrons. The molecule has 0 saturated heterocycles. The summed E-state index contributed by atoms with van der Waals surface area (Å²) in [6, 6.07) is 0. The number of Topliss-reactive ketones (excluding diaryl/α,β-unsaturated/α-hetero) is 1. The van der Waals surface area contributed by atoms with Crippen molar-refractivity contribution in [3.8, 4) is 0 Å². The van der Waals surface area contributed by atoms with Crippen LogP contribution in [0.3, 0.4) is 0 Å². The van der Waals surface area contributed by atoms with E-state index in [2.05, 4.69) is 13.0 Å². The summed E-state index contributed by atoms with van der Waals surface area (Å²) in [5.41, 5.74) is 2.31. The largest absolute Gasteiger partial charge is 0.299 e. The molecule has 0 bridgehead atoms. The Bertz CT molecular complexity index is 280. The Labute approximate surface area is 108 Å². The molecule has 1 heteroatoms. The number of carbonyl (C=O) groups is 1. The molecule has 0 saturated carbocycles. The molecule has 0 aromatic heterocycles. The van der Waals surface area contributed by atoms with Crippen molar-refractivity contribution in [2.45, 2.75) is 68.2 Å². The second-order valence-electron chi connectivity index (χ2n) is 4.24. The first-order chi connectivity index (χ1) is 8.00. The summed E-state index contributed by atoms with van der Waals surface area (Å²) in [5, 5.41) is 0. The molecule has 17 heavy (non-hydrogen) atoms. The highest BCUT2D eigenvalue weighted by molar-refractivity contribution is 5.89. The maximum atomic E-state index is 11.7. The number of ketones is 1. The molecule has 0 fully saturated rings. The van der Waals surface area contributed by atoms with Crippen LogP contribution in [0.4, 0.5) is 0 Å². The second-order valence-corrected chi connectivity index (χ2v) is 4.24. The summed E-state index contributed by atoms with van der Waals surface area (Å²) in [6.45, 7) is 16.2. The van der Waals surface area contributed by atoms with Crippen molar-refractivity contribution >= 4 is 5.78 Å². The third kappa shape index (κ3) is 4.89. The summed E-state index contributed by atoms with van der Waals surface area (Å²) in [7, 11) is 0. The fourth-order valence-electron chi connectivity index (χ4n) is 1.95. The van der Waals surface area contributed by atoms with E-state index < -0.39 is 0 Å². The maximum Gasteiger partial charge on any atom is 0.143 e. The predicted molar refractivity (Wildman–Crippen MR) is 78.2 cm³/mol. The number of hydrogen-bond donors (Lipinski definition) is 0. The lowest BCUT2D eigenvalue weighted by molar-refractivity contribution is -0.125. The van der Waals surface area contributed by atoms with Gasteiger partial charge in [-0.05, 0) is 39.7 Å². The predicted octanol–water partition coefficient (Wildman–Crippen LogP) is 5.32. The first-order valence-electron chi connectivity index (χ1n) is 6.86. The van der Waals surface area contributed by atoms with E-state index in [0.717, 1.165) is 6.42 Å². The van der Waals surface area contributed by atoms with Gasteiger partial charge in [0, 0.05) is 11.8 Å². The van der Waals surface area contributed by atoms with Gasteiger partial charge in [-0.25, -0.2) is 0 Å². The fourth-order valence-corrected chi connectivity index (χ4v) is 1.95. The summed E-state index contributed by atoms with van der Waals surface area (Å²) in [5.74, 6) is 0.367. The maximum absolute atomic E-state index is 11.7. The molecule has 100 valence electrons. The Kier molecular flexibility index (Phi) is 10.0. The molecule has 0 heterocycles. The van der Waals surface area contributed by atoms with Crippen LogP contribution in [0.15, 0.2) is 23.3 Å². The van der Waals surface area contributed by atoms with Crippen molar-refractivity contribution in [1.82, 2.24) is 0 Å². The molecule has 0 unspecified atom stereocenters. The highest BCUT2D eigenvalue weighted by Gasteiger charge is 2.34. The van der Waals surface area contributed by atoms with Crippen LogP contribution in [-0.4, -0.2) is 5.78 Å². The quantitative estimate of drug-likeness (QED) is 0.604. The molecule has 0 aromatic carbocycles. The fraction of sp³-hybridized carbons (Fsp3) is 0.688. The van der Waals surface area contributed by atoms with Crippen molar-refractivity contribution in [2.24, 2.45) is 5.41 Å². The van der Waals surface area contributed by atoms with Gasteiger partial charge in [-0.1, -0.05) is 45.4 Å². The van der Waals surface area contributed by atoms with Gasteiger partial charge in [0.25, 0.3) is 0 Å². The van der Waals surface area contributed by atoms with E-state index >= 15 is 0 Å². The number of carbonyl (C=O) groups excluding carboxylic acids is 1. The van der Waals surface area contributed by atoms with Crippen LogP contribution in [0.2, 0.25) is 0 Å². The minimum absolute atomic E-state index is 0.269. The number of hydrogen-bond acceptors (Lipinski definition) is 1.